The number of nitrogens with zero attached hydrogens (tertiary/aromatic N) is 1. The van der Waals surface area contributed by atoms with Crippen LogP contribution in [0.15, 0.2) is 83.3 Å². The van der Waals surface area contributed by atoms with Crippen LogP contribution < -0.4 is 0 Å². The van der Waals surface area contributed by atoms with Gasteiger partial charge >= 0.3 is 5.97 Å². The van der Waals surface area contributed by atoms with Crippen LogP contribution in [0.2, 0.25) is 0 Å². The summed E-state index contributed by atoms with van der Waals surface area (Å²) in [5.41, 5.74) is 5.08. The normalized spacial score (nSPS) is 10.9. The van der Waals surface area contributed by atoms with E-state index in [4.69, 9.17) is 4.74 Å². The molecule has 0 fully saturated rings. The zero-order valence-corrected chi connectivity index (χ0v) is 16.4. The second kappa shape index (κ2) is 7.41. The topological polar surface area (TPSA) is 31.2 Å². The minimum Gasteiger partial charge on any atom is -0.465 e. The van der Waals surface area contributed by atoms with Crippen molar-refractivity contribution < 1.29 is 9.53 Å². The van der Waals surface area contributed by atoms with E-state index in [1.807, 2.05) is 36.4 Å². The number of esters is 1. The van der Waals surface area contributed by atoms with Gasteiger partial charge in [-0.25, -0.2) is 4.79 Å². The van der Waals surface area contributed by atoms with Gasteiger partial charge in [-0.05, 0) is 47.5 Å². The van der Waals surface area contributed by atoms with Crippen molar-refractivity contribution >= 4 is 32.8 Å². The number of aromatic nitrogens is 1. The van der Waals surface area contributed by atoms with Crippen LogP contribution in [0, 0.1) is 0 Å². The fraction of sp³-hybridized carbons (Fsp3) is 0.0870. The molecule has 27 heavy (non-hydrogen) atoms. The van der Waals surface area contributed by atoms with Gasteiger partial charge in [0.15, 0.2) is 0 Å². The van der Waals surface area contributed by atoms with Crippen LogP contribution in [0.25, 0.3) is 22.2 Å². The maximum Gasteiger partial charge on any atom is 0.337 e. The summed E-state index contributed by atoms with van der Waals surface area (Å²) in [4.78, 5) is 11.9. The maximum atomic E-state index is 11.9. The van der Waals surface area contributed by atoms with Gasteiger partial charge in [-0.3, -0.25) is 0 Å². The van der Waals surface area contributed by atoms with Crippen molar-refractivity contribution in [2.24, 2.45) is 0 Å². The van der Waals surface area contributed by atoms with E-state index >= 15 is 0 Å². The predicted octanol–water partition coefficient (Wildman–Crippen LogP) is 5.91. The molecule has 134 valence electrons. The van der Waals surface area contributed by atoms with Gasteiger partial charge < -0.3 is 9.30 Å². The molecule has 0 saturated carbocycles. The molecule has 3 nitrogen and oxygen atoms in total. The van der Waals surface area contributed by atoms with E-state index in [-0.39, 0.29) is 5.97 Å². The molecular formula is C23H18BrNO2. The first kappa shape index (κ1) is 17.6. The van der Waals surface area contributed by atoms with Gasteiger partial charge in [0.1, 0.15) is 0 Å². The molecule has 1 aromatic heterocycles. The first-order chi connectivity index (χ1) is 13.2. The maximum absolute atomic E-state index is 11.9. The van der Waals surface area contributed by atoms with E-state index in [0.29, 0.717) is 12.1 Å². The van der Waals surface area contributed by atoms with Gasteiger partial charge in [-0.1, -0.05) is 58.4 Å². The van der Waals surface area contributed by atoms with Gasteiger partial charge in [0.05, 0.1) is 12.7 Å². The molecule has 0 amide bonds. The van der Waals surface area contributed by atoms with Crippen molar-refractivity contribution in [3.05, 3.63) is 94.5 Å². The fourth-order valence-corrected chi connectivity index (χ4v) is 3.74. The van der Waals surface area contributed by atoms with Gasteiger partial charge in [0, 0.05) is 27.6 Å². The molecule has 1 heterocycles. The standard InChI is InChI=1S/C23H18BrNO2/c1-27-23(26)18-9-5-6-16(12-18)15-25-21-11-10-20(24)13-19(21)14-22(25)17-7-3-2-4-8-17/h2-14H,15H2,1H3. The van der Waals surface area contributed by atoms with E-state index in [2.05, 4.69) is 56.9 Å². The molecule has 0 aliphatic heterocycles. The highest BCUT2D eigenvalue weighted by molar-refractivity contribution is 9.10. The molecule has 0 aliphatic carbocycles. The van der Waals surface area contributed by atoms with E-state index in [1.54, 1.807) is 6.07 Å². The summed E-state index contributed by atoms with van der Waals surface area (Å²) in [5, 5.41) is 1.17. The van der Waals surface area contributed by atoms with Crippen molar-refractivity contribution in [3.8, 4) is 11.3 Å². The lowest BCUT2D eigenvalue weighted by Crippen LogP contribution is -2.05. The molecule has 0 atom stereocenters. The number of carbonyl (C=O) groups is 1. The second-order valence-electron chi connectivity index (χ2n) is 6.38. The Morgan fingerprint density at radius 1 is 0.963 bits per heavy atom. The molecule has 0 saturated heterocycles. The van der Waals surface area contributed by atoms with Crippen molar-refractivity contribution in [2.75, 3.05) is 7.11 Å². The Labute approximate surface area is 166 Å². The monoisotopic (exact) mass is 419 g/mol. The van der Waals surface area contributed by atoms with Crippen LogP contribution in [-0.2, 0) is 11.3 Å². The van der Waals surface area contributed by atoms with Gasteiger partial charge in [-0.15, -0.1) is 0 Å². The lowest BCUT2D eigenvalue weighted by atomic mass is 10.1. The number of halogens is 1. The van der Waals surface area contributed by atoms with E-state index in [1.165, 1.54) is 12.5 Å². The summed E-state index contributed by atoms with van der Waals surface area (Å²) in [6.07, 6.45) is 0. The van der Waals surface area contributed by atoms with Gasteiger partial charge in [0.2, 0.25) is 0 Å². The van der Waals surface area contributed by atoms with Crippen LogP contribution in [0.3, 0.4) is 0 Å². The lowest BCUT2D eigenvalue weighted by Gasteiger charge is -2.12. The zero-order chi connectivity index (χ0) is 18.8. The summed E-state index contributed by atoms with van der Waals surface area (Å²) >= 11 is 3.56. The van der Waals surface area contributed by atoms with Crippen LogP contribution in [0.4, 0.5) is 0 Å². The Morgan fingerprint density at radius 3 is 2.56 bits per heavy atom. The minimum atomic E-state index is -0.318. The van der Waals surface area contributed by atoms with Crippen molar-refractivity contribution in [3.63, 3.8) is 0 Å². The third-order valence-electron chi connectivity index (χ3n) is 4.62. The summed E-state index contributed by atoms with van der Waals surface area (Å²) < 4.78 is 8.19. The lowest BCUT2D eigenvalue weighted by molar-refractivity contribution is 0.0600. The third-order valence-corrected chi connectivity index (χ3v) is 5.11. The average Bonchev–Trinajstić information content (AvgIpc) is 3.05. The van der Waals surface area contributed by atoms with Crippen molar-refractivity contribution in [1.82, 2.24) is 4.57 Å². The number of benzene rings is 3. The highest BCUT2D eigenvalue weighted by Gasteiger charge is 2.13. The zero-order valence-electron chi connectivity index (χ0n) is 14.9. The largest absolute Gasteiger partial charge is 0.465 e. The highest BCUT2D eigenvalue weighted by Crippen LogP contribution is 2.31. The number of rotatable bonds is 4. The Bertz CT molecular complexity index is 1120. The predicted molar refractivity (Wildman–Crippen MR) is 112 cm³/mol. The Kier molecular flexibility index (Phi) is 4.82. The summed E-state index contributed by atoms with van der Waals surface area (Å²) in [5.74, 6) is -0.318. The molecule has 4 rings (SSSR count). The molecule has 3 aromatic carbocycles. The van der Waals surface area contributed by atoms with Crippen LogP contribution in [0.5, 0.6) is 0 Å². The van der Waals surface area contributed by atoms with Crippen molar-refractivity contribution in [1.29, 1.82) is 0 Å². The molecule has 0 unspecified atom stereocenters. The highest BCUT2D eigenvalue weighted by atomic mass is 79.9. The Morgan fingerprint density at radius 2 is 1.78 bits per heavy atom. The number of hydrogen-bond acceptors (Lipinski definition) is 2. The molecule has 4 aromatic rings. The number of hydrogen-bond donors (Lipinski definition) is 0. The van der Waals surface area contributed by atoms with Gasteiger partial charge in [0.25, 0.3) is 0 Å². The number of carbonyl (C=O) groups excluding carboxylic acids is 1. The molecular weight excluding hydrogens is 402 g/mol. The molecule has 4 heteroatoms. The third kappa shape index (κ3) is 3.53. The molecule has 0 radical (unpaired) electrons. The summed E-state index contributed by atoms with van der Waals surface area (Å²) in [6.45, 7) is 0.667. The summed E-state index contributed by atoms with van der Waals surface area (Å²) in [6, 6.07) is 26.5. The smallest absolute Gasteiger partial charge is 0.337 e. The number of ether oxygens (including phenoxy) is 1. The first-order valence-electron chi connectivity index (χ1n) is 8.67. The fourth-order valence-electron chi connectivity index (χ4n) is 3.36. The average molecular weight is 420 g/mol. The Balaban J connectivity index is 1.84. The second-order valence-corrected chi connectivity index (χ2v) is 7.29. The van der Waals surface area contributed by atoms with E-state index < -0.39 is 0 Å². The molecule has 0 bridgehead atoms. The van der Waals surface area contributed by atoms with Crippen LogP contribution >= 0.6 is 15.9 Å². The first-order valence-corrected chi connectivity index (χ1v) is 9.46. The number of fused-ring (bicyclic) bond motifs is 1. The van der Waals surface area contributed by atoms with Gasteiger partial charge in [-0.2, -0.15) is 0 Å². The Hall–Kier alpha value is -2.85. The van der Waals surface area contributed by atoms with Crippen molar-refractivity contribution in [2.45, 2.75) is 6.54 Å². The minimum absolute atomic E-state index is 0.318. The van der Waals surface area contributed by atoms with Crippen LogP contribution in [-0.4, -0.2) is 17.6 Å². The molecule has 0 N–H and O–H groups in total. The number of methoxy groups -OCH3 is 1. The molecule has 0 aliphatic rings. The van der Waals surface area contributed by atoms with Crippen LogP contribution in [0.1, 0.15) is 15.9 Å². The van der Waals surface area contributed by atoms with E-state index in [9.17, 15) is 4.79 Å². The summed E-state index contributed by atoms with van der Waals surface area (Å²) in [7, 11) is 1.40. The SMILES string of the molecule is COC(=O)c1cccc(Cn2c(-c3ccccc3)cc3cc(Br)ccc32)c1. The quantitative estimate of drug-likeness (QED) is 0.385. The van der Waals surface area contributed by atoms with E-state index in [0.717, 1.165) is 26.8 Å². The molecule has 0 spiro atoms.